The zero-order valence-corrected chi connectivity index (χ0v) is 9.28. The highest BCUT2D eigenvalue weighted by Crippen LogP contribution is 2.34. The van der Waals surface area contributed by atoms with Crippen LogP contribution in [0.25, 0.3) is 0 Å². The van der Waals surface area contributed by atoms with E-state index >= 15 is 0 Å². The van der Waals surface area contributed by atoms with E-state index in [2.05, 4.69) is 15.9 Å². The summed E-state index contributed by atoms with van der Waals surface area (Å²) in [7, 11) is 1.26. The predicted molar refractivity (Wildman–Crippen MR) is 53.2 cm³/mol. The minimum atomic E-state index is -1.74. The number of benzene rings is 1. The number of carbonyl (C=O) groups is 1. The van der Waals surface area contributed by atoms with E-state index in [1.165, 1.54) is 7.11 Å². The molecule has 0 spiro atoms. The van der Waals surface area contributed by atoms with Crippen molar-refractivity contribution in [2.75, 3.05) is 7.11 Å². The molecule has 1 aromatic carbocycles. The second kappa shape index (κ2) is 4.59. The van der Waals surface area contributed by atoms with Gasteiger partial charge in [0, 0.05) is 5.56 Å². The first-order valence-electron chi connectivity index (χ1n) is 3.91. The molecule has 0 aromatic heterocycles. The highest BCUT2D eigenvalue weighted by Gasteiger charge is 2.23. The normalized spacial score (nSPS) is 12.3. The summed E-state index contributed by atoms with van der Waals surface area (Å²) in [6.45, 7) is 0. The fourth-order valence-corrected chi connectivity index (χ4v) is 1.63. The summed E-state index contributed by atoms with van der Waals surface area (Å²) < 4.78 is 17.9. The first-order valence-corrected chi connectivity index (χ1v) is 4.71. The molecule has 0 saturated heterocycles. The molecule has 0 fully saturated rings. The van der Waals surface area contributed by atoms with Crippen molar-refractivity contribution < 1.29 is 24.1 Å². The monoisotopic (exact) mass is 278 g/mol. The van der Waals surface area contributed by atoms with Gasteiger partial charge in [0.25, 0.3) is 0 Å². The molecular weight excluding hydrogens is 271 g/mol. The second-order valence-corrected chi connectivity index (χ2v) is 3.52. The van der Waals surface area contributed by atoms with E-state index in [0.29, 0.717) is 0 Å². The zero-order chi connectivity index (χ0) is 11.6. The third-order valence-corrected chi connectivity index (χ3v) is 2.55. The molecule has 1 aromatic rings. The molecule has 0 heterocycles. The number of carboxylic acids is 1. The van der Waals surface area contributed by atoms with Crippen LogP contribution < -0.4 is 4.74 Å². The number of methoxy groups -OCH3 is 1. The van der Waals surface area contributed by atoms with Crippen LogP contribution in [-0.2, 0) is 4.79 Å². The molecule has 0 aliphatic rings. The van der Waals surface area contributed by atoms with Crippen molar-refractivity contribution in [3.05, 3.63) is 28.0 Å². The lowest BCUT2D eigenvalue weighted by Gasteiger charge is -2.13. The Morgan fingerprint density at radius 2 is 2.20 bits per heavy atom. The number of aliphatic carboxylic acids is 1. The number of carboxylic acid groups (broad SMARTS) is 1. The number of hydrogen-bond donors (Lipinski definition) is 2. The lowest BCUT2D eigenvalue weighted by Crippen LogP contribution is -2.12. The molecule has 82 valence electrons. The van der Waals surface area contributed by atoms with Crippen molar-refractivity contribution in [1.29, 1.82) is 0 Å². The largest absolute Gasteiger partial charge is 0.495 e. The van der Waals surface area contributed by atoms with Crippen LogP contribution in [0.4, 0.5) is 4.39 Å². The molecular formula is C9H8BrFO4. The molecule has 0 bridgehead atoms. The van der Waals surface area contributed by atoms with Crippen LogP contribution in [0, 0.1) is 5.82 Å². The van der Waals surface area contributed by atoms with E-state index in [9.17, 15) is 14.3 Å². The van der Waals surface area contributed by atoms with Crippen LogP contribution in [0.3, 0.4) is 0 Å². The quantitative estimate of drug-likeness (QED) is 0.884. The minimum Gasteiger partial charge on any atom is -0.495 e. The summed E-state index contributed by atoms with van der Waals surface area (Å²) in [5.74, 6) is -2.04. The number of halogens is 2. The van der Waals surface area contributed by atoms with Crippen molar-refractivity contribution in [3.63, 3.8) is 0 Å². The number of hydrogen-bond acceptors (Lipinski definition) is 3. The van der Waals surface area contributed by atoms with Crippen molar-refractivity contribution >= 4 is 21.9 Å². The molecule has 4 nitrogen and oxygen atoms in total. The Balaban J connectivity index is 3.30. The van der Waals surface area contributed by atoms with Gasteiger partial charge in [0.2, 0.25) is 0 Å². The summed E-state index contributed by atoms with van der Waals surface area (Å²) in [5.41, 5.74) is -0.00160. The summed E-state index contributed by atoms with van der Waals surface area (Å²) in [5, 5.41) is 17.9. The van der Waals surface area contributed by atoms with Crippen LogP contribution >= 0.6 is 15.9 Å². The van der Waals surface area contributed by atoms with Gasteiger partial charge in [-0.1, -0.05) is 0 Å². The van der Waals surface area contributed by atoms with Crippen molar-refractivity contribution in [2.45, 2.75) is 6.10 Å². The smallest absolute Gasteiger partial charge is 0.337 e. The Morgan fingerprint density at radius 1 is 1.60 bits per heavy atom. The predicted octanol–water partition coefficient (Wildman–Crippen LogP) is 1.71. The lowest BCUT2D eigenvalue weighted by molar-refractivity contribution is -0.147. The Kier molecular flexibility index (Phi) is 3.65. The van der Waals surface area contributed by atoms with Crippen LogP contribution in [0.15, 0.2) is 16.6 Å². The van der Waals surface area contributed by atoms with E-state index in [1.807, 2.05) is 0 Å². The van der Waals surface area contributed by atoms with Gasteiger partial charge in [-0.2, -0.15) is 0 Å². The Bertz CT molecular complexity index is 394. The fourth-order valence-electron chi connectivity index (χ4n) is 1.10. The fraction of sp³-hybridized carbons (Fsp3) is 0.222. The Morgan fingerprint density at radius 3 is 2.67 bits per heavy atom. The van der Waals surface area contributed by atoms with Gasteiger partial charge in [-0.05, 0) is 28.1 Å². The SMILES string of the molecule is COc1c(C(O)C(=O)O)ccc(F)c1Br. The van der Waals surface area contributed by atoms with Gasteiger partial charge in [0.15, 0.2) is 6.10 Å². The molecule has 0 amide bonds. The standard InChI is InChI=1S/C9H8BrFO4/c1-15-8-4(7(12)9(13)14)2-3-5(11)6(8)10/h2-3,7,12H,1H3,(H,13,14). The number of rotatable bonds is 3. The number of aliphatic hydroxyl groups is 1. The molecule has 15 heavy (non-hydrogen) atoms. The lowest BCUT2D eigenvalue weighted by atomic mass is 10.1. The van der Waals surface area contributed by atoms with Crippen LogP contribution in [0.5, 0.6) is 5.75 Å². The van der Waals surface area contributed by atoms with Gasteiger partial charge in [0.05, 0.1) is 11.6 Å². The second-order valence-electron chi connectivity index (χ2n) is 2.72. The van der Waals surface area contributed by atoms with E-state index in [0.717, 1.165) is 12.1 Å². The van der Waals surface area contributed by atoms with Crippen LogP contribution in [0.1, 0.15) is 11.7 Å². The average molecular weight is 279 g/mol. The maximum absolute atomic E-state index is 13.1. The molecule has 0 saturated carbocycles. The van der Waals surface area contributed by atoms with Crippen molar-refractivity contribution in [3.8, 4) is 5.75 Å². The minimum absolute atomic E-state index is 0.00160. The first-order chi connectivity index (χ1) is 6.99. The maximum atomic E-state index is 13.1. The summed E-state index contributed by atoms with van der Waals surface area (Å²) in [6.07, 6.45) is -1.74. The first kappa shape index (κ1) is 11.9. The maximum Gasteiger partial charge on any atom is 0.337 e. The third kappa shape index (κ3) is 2.27. The van der Waals surface area contributed by atoms with Gasteiger partial charge < -0.3 is 14.9 Å². The molecule has 0 radical (unpaired) electrons. The Hall–Kier alpha value is -1.14. The van der Waals surface area contributed by atoms with Gasteiger partial charge in [0.1, 0.15) is 11.6 Å². The zero-order valence-electron chi connectivity index (χ0n) is 7.70. The van der Waals surface area contributed by atoms with Gasteiger partial charge in [-0.15, -0.1) is 0 Å². The molecule has 0 aliphatic heterocycles. The van der Waals surface area contributed by atoms with Gasteiger partial charge >= 0.3 is 5.97 Å². The van der Waals surface area contributed by atoms with Gasteiger partial charge in [-0.3, -0.25) is 0 Å². The van der Waals surface area contributed by atoms with E-state index in [4.69, 9.17) is 9.84 Å². The number of aliphatic hydroxyl groups excluding tert-OH is 1. The summed E-state index contributed by atoms with van der Waals surface area (Å²) in [6, 6.07) is 2.21. The van der Waals surface area contributed by atoms with E-state index in [1.54, 1.807) is 0 Å². The number of ether oxygens (including phenoxy) is 1. The van der Waals surface area contributed by atoms with E-state index in [-0.39, 0.29) is 15.8 Å². The van der Waals surface area contributed by atoms with E-state index < -0.39 is 17.9 Å². The topological polar surface area (TPSA) is 66.8 Å². The average Bonchev–Trinajstić information content (AvgIpc) is 2.20. The molecule has 1 rings (SSSR count). The van der Waals surface area contributed by atoms with Crippen molar-refractivity contribution in [2.24, 2.45) is 0 Å². The molecule has 1 unspecified atom stereocenters. The van der Waals surface area contributed by atoms with Crippen LogP contribution in [-0.4, -0.2) is 23.3 Å². The van der Waals surface area contributed by atoms with Gasteiger partial charge in [-0.25, -0.2) is 9.18 Å². The molecule has 2 N–H and O–H groups in total. The molecule has 0 aliphatic carbocycles. The summed E-state index contributed by atoms with van der Waals surface area (Å²) in [4.78, 5) is 10.5. The third-order valence-electron chi connectivity index (χ3n) is 1.81. The summed E-state index contributed by atoms with van der Waals surface area (Å²) >= 11 is 2.90. The Labute approximate surface area is 93.4 Å². The van der Waals surface area contributed by atoms with Crippen LogP contribution in [0.2, 0.25) is 0 Å². The van der Waals surface area contributed by atoms with Crippen molar-refractivity contribution in [1.82, 2.24) is 0 Å². The molecule has 6 heteroatoms. The highest BCUT2D eigenvalue weighted by molar-refractivity contribution is 9.10. The highest BCUT2D eigenvalue weighted by atomic mass is 79.9. The molecule has 1 atom stereocenters.